The summed E-state index contributed by atoms with van der Waals surface area (Å²) in [5, 5.41) is 19.6. The van der Waals surface area contributed by atoms with Crippen molar-refractivity contribution in [3.63, 3.8) is 0 Å². The number of carbonyl (C=O) groups excluding carboxylic acids is 7. The van der Waals surface area contributed by atoms with E-state index in [0.29, 0.717) is 53.8 Å². The number of pyridine rings is 2. The molecule has 3 aromatic carbocycles. The van der Waals surface area contributed by atoms with Gasteiger partial charge in [0.15, 0.2) is 6.10 Å². The minimum absolute atomic E-state index is 0.0479. The normalized spacial score (nSPS) is 15.0. The summed E-state index contributed by atoms with van der Waals surface area (Å²) >= 11 is 0. The van der Waals surface area contributed by atoms with E-state index in [9.17, 15) is 43.5 Å². The van der Waals surface area contributed by atoms with Crippen LogP contribution >= 0.6 is 0 Å². The van der Waals surface area contributed by atoms with Gasteiger partial charge >= 0.3 is 12.1 Å². The Hall–Kier alpha value is -7.99. The van der Waals surface area contributed by atoms with Gasteiger partial charge in [0.05, 0.1) is 35.6 Å². The highest BCUT2D eigenvalue weighted by molar-refractivity contribution is 6.12. The minimum Gasteiger partial charge on any atom is -0.458 e. The molecule has 3 aliphatic rings. The molecule has 8 rings (SSSR count). The number of carbonyl (C=O) groups is 7. The van der Waals surface area contributed by atoms with Gasteiger partial charge in [0.25, 0.3) is 17.4 Å². The highest BCUT2D eigenvalue weighted by Crippen LogP contribution is 2.38. The van der Waals surface area contributed by atoms with Crippen LogP contribution < -0.4 is 21.5 Å². The van der Waals surface area contributed by atoms with Crippen molar-refractivity contribution in [2.45, 2.75) is 90.3 Å². The van der Waals surface area contributed by atoms with Crippen molar-refractivity contribution >= 4 is 58.2 Å². The first kappa shape index (κ1) is 48.5. The maximum Gasteiger partial charge on any atom is 0.410 e. The molecule has 2 aromatic heterocycles. The van der Waals surface area contributed by atoms with E-state index in [2.05, 4.69) is 16.0 Å². The Morgan fingerprint density at radius 2 is 1.60 bits per heavy atom. The molecule has 0 bridgehead atoms. The van der Waals surface area contributed by atoms with Gasteiger partial charge < -0.3 is 40.0 Å². The molecule has 0 spiro atoms. The molecule has 362 valence electrons. The second kappa shape index (κ2) is 21.5. The standard InChI is InChI=1S/C52H53N7O11/c1-31(2)57(24-22-35-36-13-8-9-14-40(36)56-47-38(35)28-59-42(47)26-37-39(50(59)66)30-69-51(67)48(37)64)52(68)70-29-33-16-18-34(19-17-33)54-44(61)27-53-49(65)41(25-32-11-5-3-6-12-32)55-43(60)15-7-4-10-23-58-45(62)20-21-46(58)63/h3,5-6,8-9,11-14,16-21,26,31,41,48,64H,4,7,10,15,22-25,27-30H2,1-2H3,(H,53,65)(H,54,61)(H,55,60)/t41-,48?/m0/s1. The zero-order valence-electron chi connectivity index (χ0n) is 38.8. The Balaban J connectivity index is 0.828. The lowest BCUT2D eigenvalue weighted by atomic mass is 9.97. The van der Waals surface area contributed by atoms with Crippen LogP contribution in [0.25, 0.3) is 22.3 Å². The van der Waals surface area contributed by atoms with E-state index in [0.717, 1.165) is 27.0 Å². The van der Waals surface area contributed by atoms with Crippen LogP contribution in [0.1, 0.15) is 79.0 Å². The van der Waals surface area contributed by atoms with Crippen LogP contribution in [-0.2, 0) is 70.8 Å². The third kappa shape index (κ3) is 11.0. The van der Waals surface area contributed by atoms with E-state index in [1.165, 1.54) is 12.2 Å². The van der Waals surface area contributed by atoms with Crippen LogP contribution in [0.3, 0.4) is 0 Å². The average Bonchev–Trinajstić information content (AvgIpc) is 3.88. The summed E-state index contributed by atoms with van der Waals surface area (Å²) in [6.45, 7) is 3.92. The fourth-order valence-electron chi connectivity index (χ4n) is 8.86. The lowest BCUT2D eigenvalue weighted by molar-refractivity contribution is -0.157. The summed E-state index contributed by atoms with van der Waals surface area (Å²) in [6, 6.07) is 24.0. The third-order valence-corrected chi connectivity index (χ3v) is 12.6. The number of rotatable bonds is 19. The number of benzene rings is 3. The SMILES string of the molecule is CC(C)N(CCc1c2c(nc3ccccc13)-c1cc3c(c(=O)n1C2)COC(=O)C3O)C(=O)OCc1ccc(NC(=O)CNC(=O)[C@H](Cc2ccccc2)NC(=O)CCCCCN2C(=O)C=CC2=O)cc1. The first-order chi connectivity index (χ1) is 33.7. The van der Waals surface area contributed by atoms with Crippen molar-refractivity contribution in [1.29, 1.82) is 0 Å². The lowest BCUT2D eigenvalue weighted by Crippen LogP contribution is -2.49. The molecule has 0 radical (unpaired) electrons. The van der Waals surface area contributed by atoms with Crippen LogP contribution in [0, 0.1) is 0 Å². The zero-order chi connectivity index (χ0) is 49.5. The summed E-state index contributed by atoms with van der Waals surface area (Å²) < 4.78 is 12.4. The molecule has 5 aromatic rings. The molecule has 6 amide bonds. The molecule has 18 nitrogen and oxygen atoms in total. The maximum atomic E-state index is 13.7. The van der Waals surface area contributed by atoms with Gasteiger partial charge in [0.1, 0.15) is 19.3 Å². The van der Waals surface area contributed by atoms with Gasteiger partial charge in [-0.25, -0.2) is 14.6 Å². The molecule has 3 aliphatic heterocycles. The second-order valence-corrected chi connectivity index (χ2v) is 17.6. The molecule has 0 saturated carbocycles. The zero-order valence-corrected chi connectivity index (χ0v) is 38.8. The highest BCUT2D eigenvalue weighted by atomic mass is 16.6. The van der Waals surface area contributed by atoms with Crippen LogP contribution in [0.2, 0.25) is 0 Å². The van der Waals surface area contributed by atoms with Gasteiger partial charge in [-0.1, -0.05) is 67.1 Å². The van der Waals surface area contributed by atoms with Crippen LogP contribution in [-0.4, -0.2) is 97.8 Å². The fraction of sp³-hybridized carbons (Fsp3) is 0.327. The van der Waals surface area contributed by atoms with E-state index in [1.54, 1.807) is 39.8 Å². The largest absolute Gasteiger partial charge is 0.458 e. The molecular weight excluding hydrogens is 899 g/mol. The average molecular weight is 952 g/mol. The number of para-hydroxylation sites is 1. The van der Waals surface area contributed by atoms with E-state index in [1.807, 2.05) is 68.4 Å². The lowest BCUT2D eigenvalue weighted by Gasteiger charge is -2.26. The van der Waals surface area contributed by atoms with E-state index < -0.39 is 36.0 Å². The van der Waals surface area contributed by atoms with Gasteiger partial charge in [0, 0.05) is 66.3 Å². The second-order valence-electron chi connectivity index (χ2n) is 17.6. The monoisotopic (exact) mass is 951 g/mol. The summed E-state index contributed by atoms with van der Waals surface area (Å²) in [4.78, 5) is 110. The van der Waals surface area contributed by atoms with Crippen LogP contribution in [0.4, 0.5) is 10.5 Å². The molecule has 70 heavy (non-hydrogen) atoms. The number of nitrogens with one attached hydrogen (secondary N) is 3. The van der Waals surface area contributed by atoms with Crippen LogP contribution in [0.15, 0.2) is 102 Å². The summed E-state index contributed by atoms with van der Waals surface area (Å²) in [5.74, 6) is -2.88. The quantitative estimate of drug-likeness (QED) is 0.0504. The van der Waals surface area contributed by atoms with Crippen LogP contribution in [0.5, 0.6) is 0 Å². The number of aliphatic hydroxyl groups excluding tert-OH is 1. The number of imide groups is 1. The number of unbranched alkanes of at least 4 members (excludes halogenated alkanes) is 2. The van der Waals surface area contributed by atoms with E-state index in [-0.39, 0.29) is 92.7 Å². The van der Waals surface area contributed by atoms with Gasteiger partial charge in [-0.2, -0.15) is 0 Å². The number of nitrogens with zero attached hydrogens (tertiary/aromatic N) is 4. The molecular formula is C52H53N7O11. The predicted octanol–water partition coefficient (Wildman–Crippen LogP) is 4.37. The maximum absolute atomic E-state index is 13.7. The molecule has 1 unspecified atom stereocenters. The van der Waals surface area contributed by atoms with Crippen molar-refractivity contribution in [3.05, 3.63) is 141 Å². The summed E-state index contributed by atoms with van der Waals surface area (Å²) in [5.41, 5.74) is 5.50. The Kier molecular flexibility index (Phi) is 14.9. The van der Waals surface area contributed by atoms with Gasteiger partial charge in [-0.15, -0.1) is 0 Å². The Morgan fingerprint density at radius 1 is 0.871 bits per heavy atom. The molecule has 0 aliphatic carbocycles. The van der Waals surface area contributed by atoms with Crippen molar-refractivity contribution in [2.24, 2.45) is 0 Å². The van der Waals surface area contributed by atoms with Gasteiger partial charge in [-0.05, 0) is 74.1 Å². The minimum atomic E-state index is -1.57. The third-order valence-electron chi connectivity index (χ3n) is 12.6. The number of aromatic nitrogens is 2. The summed E-state index contributed by atoms with van der Waals surface area (Å²) in [6.07, 6.45) is 2.74. The molecule has 5 heterocycles. The number of aliphatic hydroxyl groups is 1. The fourth-order valence-corrected chi connectivity index (χ4v) is 8.86. The van der Waals surface area contributed by atoms with E-state index >= 15 is 0 Å². The van der Waals surface area contributed by atoms with Crippen molar-refractivity contribution in [3.8, 4) is 11.4 Å². The number of hydrogen-bond acceptors (Lipinski definition) is 12. The first-order valence-electron chi connectivity index (χ1n) is 23.2. The molecule has 2 atom stereocenters. The highest BCUT2D eigenvalue weighted by Gasteiger charge is 2.35. The number of fused-ring (bicyclic) bond motifs is 5. The number of cyclic esters (lactones) is 1. The topological polar surface area (TPSA) is 236 Å². The molecule has 18 heteroatoms. The Morgan fingerprint density at radius 3 is 2.34 bits per heavy atom. The molecule has 4 N–H and O–H groups in total. The van der Waals surface area contributed by atoms with Crippen molar-refractivity contribution < 1.29 is 48.1 Å². The number of anilines is 1. The number of amides is 6. The number of ether oxygens (including phenoxy) is 2. The molecule has 0 fully saturated rings. The van der Waals surface area contributed by atoms with E-state index in [4.69, 9.17) is 14.5 Å². The summed E-state index contributed by atoms with van der Waals surface area (Å²) in [7, 11) is 0. The Bertz CT molecular complexity index is 2930. The van der Waals surface area contributed by atoms with Gasteiger partial charge in [-0.3, -0.25) is 33.7 Å². The molecule has 0 saturated heterocycles. The van der Waals surface area contributed by atoms with Crippen molar-refractivity contribution in [1.82, 2.24) is 30.0 Å². The first-order valence-corrected chi connectivity index (χ1v) is 23.2. The Labute approximate surface area is 402 Å². The van der Waals surface area contributed by atoms with Crippen molar-refractivity contribution in [2.75, 3.05) is 25.0 Å². The predicted molar refractivity (Wildman–Crippen MR) is 256 cm³/mol. The van der Waals surface area contributed by atoms with Gasteiger partial charge in [0.2, 0.25) is 17.7 Å². The number of hydrogen-bond donors (Lipinski definition) is 4. The smallest absolute Gasteiger partial charge is 0.410 e. The number of esters is 1.